The van der Waals surface area contributed by atoms with Crippen LogP contribution in [-0.2, 0) is 6.54 Å². The minimum atomic E-state index is -4.41. The summed E-state index contributed by atoms with van der Waals surface area (Å²) in [6.45, 7) is 4.34. The number of hydrogen-bond acceptors (Lipinski definition) is 2. The van der Waals surface area contributed by atoms with E-state index in [4.69, 9.17) is 0 Å². The zero-order valence-corrected chi connectivity index (χ0v) is 10.3. The number of halogens is 3. The van der Waals surface area contributed by atoms with Gasteiger partial charge in [0.05, 0.1) is 6.20 Å². The summed E-state index contributed by atoms with van der Waals surface area (Å²) >= 11 is 0. The monoisotopic (exact) mass is 261 g/mol. The van der Waals surface area contributed by atoms with Crippen LogP contribution in [0.4, 0.5) is 13.2 Å². The van der Waals surface area contributed by atoms with Crippen molar-refractivity contribution in [1.82, 2.24) is 14.2 Å². The van der Waals surface area contributed by atoms with Gasteiger partial charge in [-0.3, -0.25) is 4.79 Å². The molecule has 0 spiro atoms. The Kier molecular flexibility index (Phi) is 4.15. The molecule has 0 bridgehead atoms. The van der Waals surface area contributed by atoms with Gasteiger partial charge in [-0.1, -0.05) is 13.8 Å². The molecule has 4 nitrogen and oxygen atoms in total. The molecule has 0 saturated heterocycles. The molecule has 2 aromatic rings. The Morgan fingerprint density at radius 2 is 1.89 bits per heavy atom. The molecule has 0 atom stereocenters. The summed E-state index contributed by atoms with van der Waals surface area (Å²) < 4.78 is 38.4. The van der Waals surface area contributed by atoms with Gasteiger partial charge < -0.3 is 4.57 Å². The molecule has 0 N–H and O–H groups in total. The number of aromatic nitrogens is 3. The van der Waals surface area contributed by atoms with Gasteiger partial charge in [-0.05, 0) is 6.92 Å². The van der Waals surface area contributed by atoms with Crippen molar-refractivity contribution in [2.24, 2.45) is 0 Å². The molecular formula is C11H14F3N3O. The van der Waals surface area contributed by atoms with Crippen LogP contribution in [0.15, 0.2) is 23.4 Å². The Morgan fingerprint density at radius 1 is 1.28 bits per heavy atom. The van der Waals surface area contributed by atoms with Crippen LogP contribution < -0.4 is 5.56 Å². The standard InChI is InChI=1S/C9H8F3N3O.C2H6/c1-6-4-13-15-3-2-14(5-9(10,11)12)8(16)7(6)15;1-2/h2-4H,5H2,1H3;1-2H3. The third-order valence-electron chi connectivity index (χ3n) is 2.18. The van der Waals surface area contributed by atoms with E-state index in [1.165, 1.54) is 16.9 Å². The summed E-state index contributed by atoms with van der Waals surface area (Å²) in [5.41, 5.74) is 0.0445. The Morgan fingerprint density at radius 3 is 2.44 bits per heavy atom. The van der Waals surface area contributed by atoms with Gasteiger partial charge in [0, 0.05) is 18.0 Å². The molecule has 0 aliphatic rings. The average molecular weight is 261 g/mol. The maximum absolute atomic E-state index is 12.2. The zero-order valence-electron chi connectivity index (χ0n) is 10.3. The summed E-state index contributed by atoms with van der Waals surface area (Å²) in [5, 5.41) is 3.84. The second-order valence-electron chi connectivity index (χ2n) is 3.47. The van der Waals surface area contributed by atoms with Crippen LogP contribution >= 0.6 is 0 Å². The number of aryl methyl sites for hydroxylation is 1. The molecule has 0 unspecified atom stereocenters. The van der Waals surface area contributed by atoms with E-state index in [9.17, 15) is 18.0 Å². The molecular weight excluding hydrogens is 247 g/mol. The zero-order chi connectivity index (χ0) is 13.9. The third-order valence-corrected chi connectivity index (χ3v) is 2.18. The van der Waals surface area contributed by atoms with E-state index in [-0.39, 0.29) is 5.52 Å². The van der Waals surface area contributed by atoms with Gasteiger partial charge in [-0.25, -0.2) is 4.52 Å². The van der Waals surface area contributed by atoms with Gasteiger partial charge in [0.2, 0.25) is 0 Å². The fourth-order valence-electron chi connectivity index (χ4n) is 1.49. The molecule has 2 heterocycles. The number of alkyl halides is 3. The predicted octanol–water partition coefficient (Wildman–Crippen LogP) is 2.39. The highest BCUT2D eigenvalue weighted by Gasteiger charge is 2.28. The topological polar surface area (TPSA) is 39.3 Å². The quantitative estimate of drug-likeness (QED) is 0.790. The van der Waals surface area contributed by atoms with Crippen molar-refractivity contribution in [3.05, 3.63) is 34.5 Å². The van der Waals surface area contributed by atoms with Crippen molar-refractivity contribution in [3.8, 4) is 0 Å². The predicted molar refractivity (Wildman–Crippen MR) is 61.6 cm³/mol. The summed E-state index contributed by atoms with van der Waals surface area (Å²) in [7, 11) is 0. The fraction of sp³-hybridized carbons (Fsp3) is 0.455. The molecule has 7 heteroatoms. The Bertz CT molecular complexity index is 583. The first-order valence-corrected chi connectivity index (χ1v) is 5.48. The van der Waals surface area contributed by atoms with E-state index in [0.717, 1.165) is 6.20 Å². The molecule has 2 aromatic heterocycles. The number of fused-ring (bicyclic) bond motifs is 1. The van der Waals surface area contributed by atoms with Crippen molar-refractivity contribution in [2.45, 2.75) is 33.5 Å². The van der Waals surface area contributed by atoms with E-state index in [2.05, 4.69) is 5.10 Å². The van der Waals surface area contributed by atoms with Gasteiger partial charge in [0.1, 0.15) is 12.1 Å². The summed E-state index contributed by atoms with van der Waals surface area (Å²) in [6, 6.07) is 0. The number of rotatable bonds is 1. The third kappa shape index (κ3) is 2.91. The molecule has 0 amide bonds. The van der Waals surface area contributed by atoms with Gasteiger partial charge in [0.15, 0.2) is 0 Å². The Labute approximate surface area is 102 Å². The van der Waals surface area contributed by atoms with E-state index in [1.807, 2.05) is 13.8 Å². The highest BCUT2D eigenvalue weighted by Crippen LogP contribution is 2.16. The maximum Gasteiger partial charge on any atom is 0.406 e. The first-order chi connectivity index (χ1) is 8.38. The van der Waals surface area contributed by atoms with Crippen molar-refractivity contribution in [3.63, 3.8) is 0 Å². The second-order valence-corrected chi connectivity index (χ2v) is 3.47. The average Bonchev–Trinajstić information content (AvgIpc) is 2.66. The molecule has 0 aromatic carbocycles. The minimum absolute atomic E-state index is 0.173. The van der Waals surface area contributed by atoms with Crippen molar-refractivity contribution in [2.75, 3.05) is 0 Å². The van der Waals surface area contributed by atoms with E-state index >= 15 is 0 Å². The van der Waals surface area contributed by atoms with Gasteiger partial charge >= 0.3 is 6.18 Å². The van der Waals surface area contributed by atoms with Gasteiger partial charge in [-0.2, -0.15) is 18.3 Å². The van der Waals surface area contributed by atoms with Crippen LogP contribution in [0.3, 0.4) is 0 Å². The van der Waals surface area contributed by atoms with Crippen LogP contribution in [0.2, 0.25) is 0 Å². The first kappa shape index (κ1) is 14.3. The van der Waals surface area contributed by atoms with Crippen LogP contribution in [0.25, 0.3) is 5.52 Å². The van der Waals surface area contributed by atoms with Gasteiger partial charge in [-0.15, -0.1) is 0 Å². The molecule has 0 saturated carbocycles. The lowest BCUT2D eigenvalue weighted by Gasteiger charge is -2.09. The maximum atomic E-state index is 12.2. The van der Waals surface area contributed by atoms with Crippen molar-refractivity contribution >= 4 is 5.52 Å². The summed E-state index contributed by atoms with van der Waals surface area (Å²) in [4.78, 5) is 11.7. The number of hydrogen-bond donors (Lipinski definition) is 0. The van der Waals surface area contributed by atoms with Crippen LogP contribution in [0.5, 0.6) is 0 Å². The lowest BCUT2D eigenvalue weighted by Crippen LogP contribution is -2.28. The SMILES string of the molecule is CC.Cc1cnn2ccn(CC(F)(F)F)c(=O)c12. The highest BCUT2D eigenvalue weighted by molar-refractivity contribution is 5.50. The molecule has 0 aliphatic carbocycles. The molecule has 0 fully saturated rings. The molecule has 0 aliphatic heterocycles. The van der Waals surface area contributed by atoms with Crippen LogP contribution in [-0.4, -0.2) is 20.4 Å². The minimum Gasteiger partial charge on any atom is -0.303 e. The normalized spacial score (nSPS) is 11.2. The van der Waals surface area contributed by atoms with E-state index in [1.54, 1.807) is 6.92 Å². The molecule has 0 radical (unpaired) electrons. The Hall–Kier alpha value is -1.79. The van der Waals surface area contributed by atoms with E-state index in [0.29, 0.717) is 10.1 Å². The van der Waals surface area contributed by atoms with Crippen LogP contribution in [0, 0.1) is 6.92 Å². The molecule has 100 valence electrons. The molecule has 18 heavy (non-hydrogen) atoms. The van der Waals surface area contributed by atoms with Crippen LogP contribution in [0.1, 0.15) is 19.4 Å². The Balaban J connectivity index is 0.000000771. The summed E-state index contributed by atoms with van der Waals surface area (Å²) in [6.07, 6.45) is -0.560. The smallest absolute Gasteiger partial charge is 0.303 e. The largest absolute Gasteiger partial charge is 0.406 e. The lowest BCUT2D eigenvalue weighted by molar-refractivity contribution is -0.141. The lowest BCUT2D eigenvalue weighted by atomic mass is 10.3. The van der Waals surface area contributed by atoms with Crippen molar-refractivity contribution < 1.29 is 13.2 Å². The number of nitrogens with zero attached hydrogens (tertiary/aromatic N) is 3. The van der Waals surface area contributed by atoms with Gasteiger partial charge in [0.25, 0.3) is 5.56 Å². The second kappa shape index (κ2) is 5.24. The summed E-state index contributed by atoms with van der Waals surface area (Å²) in [5.74, 6) is 0. The van der Waals surface area contributed by atoms with E-state index < -0.39 is 18.3 Å². The van der Waals surface area contributed by atoms with Crippen molar-refractivity contribution in [1.29, 1.82) is 0 Å². The first-order valence-electron chi connectivity index (χ1n) is 5.48. The highest BCUT2D eigenvalue weighted by atomic mass is 19.4. The molecule has 2 rings (SSSR count). The fourth-order valence-corrected chi connectivity index (χ4v) is 1.49.